The molecule has 1 aliphatic rings. The monoisotopic (exact) mass is 504 g/mol. The van der Waals surface area contributed by atoms with E-state index in [1.165, 1.54) is 11.8 Å². The molecule has 1 fully saturated rings. The van der Waals surface area contributed by atoms with Gasteiger partial charge in [0.1, 0.15) is 6.61 Å². The van der Waals surface area contributed by atoms with Crippen molar-refractivity contribution in [1.82, 2.24) is 5.32 Å². The first kappa shape index (κ1) is 20.3. The molecule has 1 amide bonds. The molecule has 0 aliphatic carbocycles. The van der Waals surface area contributed by atoms with Crippen LogP contribution in [0.5, 0.6) is 11.5 Å². The molecule has 1 N–H and O–H groups in total. The predicted octanol–water partition coefficient (Wildman–Crippen LogP) is 4.51. The first-order valence-electron chi connectivity index (χ1n) is 8.30. The molecule has 5 nitrogen and oxygen atoms in total. The summed E-state index contributed by atoms with van der Waals surface area (Å²) < 4.78 is 11.8. The summed E-state index contributed by atoms with van der Waals surface area (Å²) in [5, 5.41) is 3.35. The lowest BCUT2D eigenvalue weighted by molar-refractivity contribution is -0.115. The Balaban J connectivity index is 1.85. The maximum absolute atomic E-state index is 12.3. The topological polar surface area (TPSA) is 59.9 Å². The molecule has 142 valence electrons. The van der Waals surface area contributed by atoms with Gasteiger partial charge >= 0.3 is 0 Å². The number of rotatable bonds is 5. The highest BCUT2D eigenvalue weighted by molar-refractivity contribution is 14.1. The Labute approximate surface area is 181 Å². The van der Waals surface area contributed by atoms with Crippen LogP contribution in [0.1, 0.15) is 11.1 Å². The van der Waals surface area contributed by atoms with E-state index in [9.17, 15) is 4.79 Å². The molecule has 0 unspecified atom stereocenters. The molecule has 0 radical (unpaired) electrons. The van der Waals surface area contributed by atoms with Crippen LogP contribution in [0.4, 0.5) is 5.69 Å². The third-order valence-corrected chi connectivity index (χ3v) is 5.48. The highest BCUT2D eigenvalue weighted by atomic mass is 127. The molecule has 2 aromatic carbocycles. The summed E-state index contributed by atoms with van der Waals surface area (Å²) in [5.74, 6) is 3.41. The van der Waals surface area contributed by atoms with Gasteiger partial charge in [0, 0.05) is 0 Å². The standard InChI is InChI=1S/C21H17IN2O3S/c1-4-9-27-19-16(22)10-14(11-17(19)26-3)12-18-20(25)24-21(28-18)23-15-7-5-13(2)6-8-15/h1,5-8,10-12H,9H2,2-3H3,(H,23,24,25)/b18-12+. The zero-order valence-corrected chi connectivity index (χ0v) is 18.3. The molecular formula is C21H17IN2O3S. The minimum atomic E-state index is -0.183. The first-order chi connectivity index (χ1) is 13.5. The minimum absolute atomic E-state index is 0.157. The van der Waals surface area contributed by atoms with E-state index < -0.39 is 0 Å². The van der Waals surface area contributed by atoms with Crippen molar-refractivity contribution in [2.24, 2.45) is 4.99 Å². The molecule has 1 heterocycles. The fourth-order valence-corrected chi connectivity index (χ4v) is 4.07. The maximum atomic E-state index is 12.3. The fraction of sp³-hybridized carbons (Fsp3) is 0.143. The number of hydrogen-bond donors (Lipinski definition) is 1. The normalized spacial score (nSPS) is 16.1. The van der Waals surface area contributed by atoms with E-state index in [2.05, 4.69) is 38.8 Å². The molecule has 0 saturated carbocycles. The number of methoxy groups -OCH3 is 1. The largest absolute Gasteiger partial charge is 0.493 e. The minimum Gasteiger partial charge on any atom is -0.493 e. The van der Waals surface area contributed by atoms with Gasteiger partial charge in [-0.05, 0) is 77.2 Å². The maximum Gasteiger partial charge on any atom is 0.264 e. The zero-order chi connectivity index (χ0) is 20.1. The van der Waals surface area contributed by atoms with Gasteiger partial charge in [0.05, 0.1) is 21.3 Å². The number of amides is 1. The number of hydrogen-bond acceptors (Lipinski definition) is 5. The Bertz CT molecular complexity index is 1010. The van der Waals surface area contributed by atoms with Crippen molar-refractivity contribution in [2.75, 3.05) is 13.7 Å². The van der Waals surface area contributed by atoms with Crippen molar-refractivity contribution in [3.05, 3.63) is 56.0 Å². The average Bonchev–Trinajstić information content (AvgIpc) is 3.01. The van der Waals surface area contributed by atoms with Gasteiger partial charge in [0.25, 0.3) is 5.91 Å². The molecule has 2 aromatic rings. The van der Waals surface area contributed by atoms with E-state index in [4.69, 9.17) is 15.9 Å². The summed E-state index contributed by atoms with van der Waals surface area (Å²) in [7, 11) is 1.56. The lowest BCUT2D eigenvalue weighted by Gasteiger charge is -2.12. The van der Waals surface area contributed by atoms with Gasteiger partial charge in [-0.2, -0.15) is 0 Å². The molecule has 1 saturated heterocycles. The molecular weight excluding hydrogens is 487 g/mol. The number of thioether (sulfide) groups is 1. The number of ether oxygens (including phenoxy) is 2. The number of halogens is 1. The van der Waals surface area contributed by atoms with Crippen LogP contribution in [0.3, 0.4) is 0 Å². The van der Waals surface area contributed by atoms with Crippen LogP contribution in [0.15, 0.2) is 46.3 Å². The van der Waals surface area contributed by atoms with Crippen molar-refractivity contribution in [3.8, 4) is 23.8 Å². The second kappa shape index (κ2) is 9.17. The number of carbonyl (C=O) groups excluding carboxylic acids is 1. The highest BCUT2D eigenvalue weighted by Gasteiger charge is 2.24. The van der Waals surface area contributed by atoms with Gasteiger partial charge < -0.3 is 14.8 Å². The number of terminal acetylenes is 1. The lowest BCUT2D eigenvalue weighted by atomic mass is 10.2. The molecule has 0 atom stereocenters. The third-order valence-electron chi connectivity index (χ3n) is 3.76. The van der Waals surface area contributed by atoms with Gasteiger partial charge in [0.2, 0.25) is 0 Å². The molecule has 0 aromatic heterocycles. The summed E-state index contributed by atoms with van der Waals surface area (Å²) in [4.78, 5) is 17.4. The Hall–Kier alpha value is -2.44. The molecule has 7 heteroatoms. The number of aliphatic imine (C=N–C) groups is 1. The second-order valence-electron chi connectivity index (χ2n) is 5.84. The van der Waals surface area contributed by atoms with Crippen molar-refractivity contribution in [1.29, 1.82) is 0 Å². The lowest BCUT2D eigenvalue weighted by Crippen LogP contribution is -2.19. The van der Waals surface area contributed by atoms with E-state index in [0.717, 1.165) is 20.4 Å². The van der Waals surface area contributed by atoms with Crippen LogP contribution in [0.25, 0.3) is 6.08 Å². The second-order valence-corrected chi connectivity index (χ2v) is 8.04. The highest BCUT2D eigenvalue weighted by Crippen LogP contribution is 2.36. The van der Waals surface area contributed by atoms with Crippen LogP contribution in [-0.2, 0) is 4.79 Å². The van der Waals surface area contributed by atoms with Crippen molar-refractivity contribution in [2.45, 2.75) is 6.92 Å². The smallest absolute Gasteiger partial charge is 0.264 e. The van der Waals surface area contributed by atoms with Gasteiger partial charge in [-0.25, -0.2) is 4.99 Å². The number of nitrogens with one attached hydrogen (secondary N) is 1. The zero-order valence-electron chi connectivity index (χ0n) is 15.3. The average molecular weight is 504 g/mol. The summed E-state index contributed by atoms with van der Waals surface area (Å²) in [5.41, 5.74) is 2.77. The number of carbonyl (C=O) groups is 1. The number of benzene rings is 2. The van der Waals surface area contributed by atoms with Gasteiger partial charge in [-0.15, -0.1) is 6.42 Å². The summed E-state index contributed by atoms with van der Waals surface area (Å²) in [6.07, 6.45) is 7.06. The van der Waals surface area contributed by atoms with Gasteiger partial charge in [-0.1, -0.05) is 23.6 Å². The Kier molecular flexibility index (Phi) is 6.65. The SMILES string of the molecule is C#CCOc1c(I)cc(/C=C2/SC(=Nc3ccc(C)cc3)NC2=O)cc1OC. The third kappa shape index (κ3) is 4.88. The van der Waals surface area contributed by atoms with Gasteiger partial charge in [-0.3, -0.25) is 4.79 Å². The van der Waals surface area contributed by atoms with Crippen LogP contribution in [0.2, 0.25) is 0 Å². The number of aryl methyl sites for hydroxylation is 1. The van der Waals surface area contributed by atoms with E-state index >= 15 is 0 Å². The van der Waals surface area contributed by atoms with Crippen LogP contribution in [0, 0.1) is 22.8 Å². The molecule has 1 aliphatic heterocycles. The number of amidine groups is 1. The predicted molar refractivity (Wildman–Crippen MR) is 122 cm³/mol. The molecule has 0 bridgehead atoms. The van der Waals surface area contributed by atoms with Crippen molar-refractivity contribution >= 4 is 57.2 Å². The van der Waals surface area contributed by atoms with Crippen molar-refractivity contribution < 1.29 is 14.3 Å². The van der Waals surface area contributed by atoms with Crippen molar-refractivity contribution in [3.63, 3.8) is 0 Å². The van der Waals surface area contributed by atoms with Crippen LogP contribution < -0.4 is 14.8 Å². The van der Waals surface area contributed by atoms with E-state index in [-0.39, 0.29) is 12.5 Å². The quantitative estimate of drug-likeness (QED) is 0.370. The molecule has 28 heavy (non-hydrogen) atoms. The Morgan fingerprint density at radius 3 is 2.75 bits per heavy atom. The molecule has 3 rings (SSSR count). The van der Waals surface area contributed by atoms with Gasteiger partial charge in [0.15, 0.2) is 16.7 Å². The van der Waals surface area contributed by atoms with E-state index in [1.54, 1.807) is 13.2 Å². The first-order valence-corrected chi connectivity index (χ1v) is 10.2. The summed E-state index contributed by atoms with van der Waals surface area (Å²) >= 11 is 3.45. The Morgan fingerprint density at radius 2 is 2.07 bits per heavy atom. The Morgan fingerprint density at radius 1 is 1.32 bits per heavy atom. The summed E-state index contributed by atoms with van der Waals surface area (Å²) in [6, 6.07) is 11.5. The van der Waals surface area contributed by atoms with Crippen LogP contribution >= 0.6 is 34.4 Å². The van der Waals surface area contributed by atoms with Crippen LogP contribution in [-0.4, -0.2) is 24.8 Å². The van der Waals surface area contributed by atoms with E-state index in [0.29, 0.717) is 21.6 Å². The number of nitrogens with zero attached hydrogens (tertiary/aromatic N) is 1. The fourth-order valence-electron chi connectivity index (χ4n) is 2.45. The summed E-state index contributed by atoms with van der Waals surface area (Å²) in [6.45, 7) is 2.17. The van der Waals surface area contributed by atoms with E-state index in [1.807, 2.05) is 43.3 Å². The molecule has 0 spiro atoms.